The van der Waals surface area contributed by atoms with E-state index in [1.54, 1.807) is 52.9 Å². The monoisotopic (exact) mass is 485 g/mol. The Morgan fingerprint density at radius 1 is 1.00 bits per heavy atom. The van der Waals surface area contributed by atoms with E-state index >= 15 is 0 Å². The van der Waals surface area contributed by atoms with Gasteiger partial charge in [0.05, 0.1) is 46.8 Å². The number of ether oxygens (including phenoxy) is 1. The van der Waals surface area contributed by atoms with Crippen molar-refractivity contribution < 1.29 is 14.6 Å². The molecule has 10 heteroatoms. The molecule has 0 radical (unpaired) electrons. The van der Waals surface area contributed by atoms with Gasteiger partial charge < -0.3 is 9.84 Å². The van der Waals surface area contributed by atoms with Gasteiger partial charge in [0.1, 0.15) is 5.75 Å². The minimum Gasteiger partial charge on any atom is -0.497 e. The first-order chi connectivity index (χ1) is 17.0. The Hall–Kier alpha value is -4.44. The first kappa shape index (κ1) is 22.4. The molecular weight excluding hydrogens is 466 g/mol. The minimum absolute atomic E-state index is 0.162. The molecule has 2 aromatic heterocycles. The van der Waals surface area contributed by atoms with Gasteiger partial charge in [0.2, 0.25) is 0 Å². The molecule has 2 heterocycles. The lowest BCUT2D eigenvalue weighted by Crippen LogP contribution is -2.21. The highest BCUT2D eigenvalue weighted by atomic mass is 32.2. The topological polar surface area (TPSA) is 112 Å². The van der Waals surface area contributed by atoms with Crippen LogP contribution >= 0.6 is 11.8 Å². The molecule has 0 saturated heterocycles. The summed E-state index contributed by atoms with van der Waals surface area (Å²) in [5.74, 6) is 0.129. The molecule has 174 valence electrons. The fourth-order valence-electron chi connectivity index (χ4n) is 3.55. The third kappa shape index (κ3) is 4.51. The molecule has 3 aromatic carbocycles. The Morgan fingerprint density at radius 2 is 1.71 bits per heavy atom. The first-order valence-electron chi connectivity index (χ1n) is 10.6. The van der Waals surface area contributed by atoms with E-state index in [-0.39, 0.29) is 11.1 Å². The van der Waals surface area contributed by atoms with Crippen molar-refractivity contribution in [2.24, 2.45) is 0 Å². The zero-order valence-corrected chi connectivity index (χ0v) is 19.3. The van der Waals surface area contributed by atoms with Crippen LogP contribution in [0.5, 0.6) is 5.75 Å². The van der Waals surface area contributed by atoms with Crippen LogP contribution in [0.4, 0.5) is 0 Å². The average molecular weight is 486 g/mol. The number of methoxy groups -OCH3 is 1. The number of aromatic carboxylic acids is 1. The Balaban J connectivity index is 1.46. The maximum atomic E-state index is 13.4. The number of rotatable bonds is 7. The zero-order valence-electron chi connectivity index (χ0n) is 18.5. The SMILES string of the molecule is COc1ccc(-n2c(SCc3cn(-c4ccc(C(=O)O)cc4)nn3)nc3ccccc3c2=O)cc1. The van der Waals surface area contributed by atoms with E-state index in [1.165, 1.54) is 23.9 Å². The minimum atomic E-state index is -0.988. The zero-order chi connectivity index (χ0) is 24.4. The van der Waals surface area contributed by atoms with E-state index < -0.39 is 5.97 Å². The summed E-state index contributed by atoms with van der Waals surface area (Å²) in [5.41, 5.74) is 2.71. The van der Waals surface area contributed by atoms with Crippen LogP contribution < -0.4 is 10.3 Å². The molecule has 9 nitrogen and oxygen atoms in total. The third-order valence-corrected chi connectivity index (χ3v) is 6.32. The highest BCUT2D eigenvalue weighted by Crippen LogP contribution is 2.25. The number of thioether (sulfide) groups is 1. The van der Waals surface area contributed by atoms with E-state index in [4.69, 9.17) is 14.8 Å². The molecule has 1 N–H and O–H groups in total. The van der Waals surface area contributed by atoms with E-state index in [0.29, 0.717) is 44.6 Å². The quantitative estimate of drug-likeness (QED) is 0.272. The van der Waals surface area contributed by atoms with Gasteiger partial charge in [0.25, 0.3) is 5.56 Å². The Kier molecular flexibility index (Phi) is 6.02. The van der Waals surface area contributed by atoms with Crippen LogP contribution in [-0.2, 0) is 5.75 Å². The van der Waals surface area contributed by atoms with Crippen molar-refractivity contribution in [3.63, 3.8) is 0 Å². The van der Waals surface area contributed by atoms with E-state index in [2.05, 4.69) is 10.3 Å². The van der Waals surface area contributed by atoms with Crippen LogP contribution in [0.25, 0.3) is 22.3 Å². The number of aromatic nitrogens is 5. The van der Waals surface area contributed by atoms with Crippen LogP contribution in [0.15, 0.2) is 88.9 Å². The number of para-hydroxylation sites is 1. The predicted octanol–water partition coefficient (Wildman–Crippen LogP) is 3.97. The van der Waals surface area contributed by atoms with Crippen molar-refractivity contribution in [2.75, 3.05) is 7.11 Å². The summed E-state index contributed by atoms with van der Waals surface area (Å²) in [7, 11) is 1.59. The van der Waals surface area contributed by atoms with Gasteiger partial charge in [0.15, 0.2) is 5.16 Å². The van der Waals surface area contributed by atoms with Gasteiger partial charge in [0, 0.05) is 5.75 Å². The molecule has 0 bridgehead atoms. The lowest BCUT2D eigenvalue weighted by atomic mass is 10.2. The number of carboxylic acids is 1. The van der Waals surface area contributed by atoms with Gasteiger partial charge in [-0.15, -0.1) is 5.10 Å². The molecule has 0 aliphatic rings. The van der Waals surface area contributed by atoms with Gasteiger partial charge in [-0.3, -0.25) is 9.36 Å². The molecule has 0 unspecified atom stereocenters. The van der Waals surface area contributed by atoms with Crippen LogP contribution in [0.3, 0.4) is 0 Å². The van der Waals surface area contributed by atoms with Crippen LogP contribution in [0.2, 0.25) is 0 Å². The number of hydrogen-bond acceptors (Lipinski definition) is 7. The van der Waals surface area contributed by atoms with E-state index in [1.807, 2.05) is 30.3 Å². The number of benzene rings is 3. The Morgan fingerprint density at radius 3 is 2.43 bits per heavy atom. The van der Waals surface area contributed by atoms with Gasteiger partial charge >= 0.3 is 5.97 Å². The normalized spacial score (nSPS) is 11.0. The molecule has 0 saturated carbocycles. The van der Waals surface area contributed by atoms with Gasteiger partial charge in [-0.25, -0.2) is 14.5 Å². The summed E-state index contributed by atoms with van der Waals surface area (Å²) < 4.78 is 8.40. The van der Waals surface area contributed by atoms with Crippen molar-refractivity contribution in [3.8, 4) is 17.1 Å². The summed E-state index contributed by atoms with van der Waals surface area (Å²) in [6.45, 7) is 0. The number of fused-ring (bicyclic) bond motifs is 1. The smallest absolute Gasteiger partial charge is 0.335 e. The molecule has 0 aliphatic carbocycles. The maximum Gasteiger partial charge on any atom is 0.335 e. The molecule has 35 heavy (non-hydrogen) atoms. The Bertz CT molecular complexity index is 1580. The molecule has 0 spiro atoms. The van der Waals surface area contributed by atoms with Crippen LogP contribution in [0, 0.1) is 0 Å². The largest absolute Gasteiger partial charge is 0.497 e. The number of carbonyl (C=O) groups is 1. The second kappa shape index (κ2) is 9.43. The van der Waals surface area contributed by atoms with Crippen molar-refractivity contribution in [3.05, 3.63) is 101 Å². The standard InChI is InChI=1S/C25H19N5O4S/c1-34-20-12-10-19(11-13-20)30-23(31)21-4-2-3-5-22(21)26-25(30)35-15-17-14-29(28-27-17)18-8-6-16(7-9-18)24(32)33/h2-14H,15H2,1H3,(H,32,33). The van der Waals surface area contributed by atoms with Gasteiger partial charge in [-0.1, -0.05) is 29.1 Å². The molecule has 5 rings (SSSR count). The van der Waals surface area contributed by atoms with Gasteiger partial charge in [-0.05, 0) is 60.7 Å². The van der Waals surface area contributed by atoms with Gasteiger partial charge in [-0.2, -0.15) is 0 Å². The first-order valence-corrected chi connectivity index (χ1v) is 11.6. The average Bonchev–Trinajstić information content (AvgIpc) is 3.37. The van der Waals surface area contributed by atoms with Crippen molar-refractivity contribution in [1.29, 1.82) is 0 Å². The fourth-order valence-corrected chi connectivity index (χ4v) is 4.44. The summed E-state index contributed by atoms with van der Waals surface area (Å²) in [4.78, 5) is 29.2. The Labute approximate surface area is 203 Å². The molecular formula is C25H19N5O4S. The number of nitrogens with zero attached hydrogens (tertiary/aromatic N) is 5. The van der Waals surface area contributed by atoms with Crippen LogP contribution in [0.1, 0.15) is 16.1 Å². The number of hydrogen-bond donors (Lipinski definition) is 1. The molecule has 0 amide bonds. The summed E-state index contributed by atoms with van der Waals surface area (Å²) >= 11 is 1.38. The number of carboxylic acid groups (broad SMARTS) is 1. The third-order valence-electron chi connectivity index (χ3n) is 5.34. The highest BCUT2D eigenvalue weighted by molar-refractivity contribution is 7.98. The second-order valence-electron chi connectivity index (χ2n) is 7.55. The second-order valence-corrected chi connectivity index (χ2v) is 8.49. The van der Waals surface area contributed by atoms with Crippen molar-refractivity contribution >= 4 is 28.6 Å². The van der Waals surface area contributed by atoms with Crippen molar-refractivity contribution in [1.82, 2.24) is 24.5 Å². The molecule has 0 atom stereocenters. The van der Waals surface area contributed by atoms with E-state index in [9.17, 15) is 9.59 Å². The lowest BCUT2D eigenvalue weighted by molar-refractivity contribution is 0.0697. The summed E-state index contributed by atoms with van der Waals surface area (Å²) in [6, 6.07) is 20.8. The van der Waals surface area contributed by atoms with Crippen molar-refractivity contribution in [2.45, 2.75) is 10.9 Å². The highest BCUT2D eigenvalue weighted by Gasteiger charge is 2.15. The summed E-state index contributed by atoms with van der Waals surface area (Å²) in [5, 5.41) is 18.5. The summed E-state index contributed by atoms with van der Waals surface area (Å²) in [6.07, 6.45) is 1.76. The maximum absolute atomic E-state index is 13.4. The molecule has 5 aromatic rings. The fraction of sp³-hybridized carbons (Fsp3) is 0.0800. The van der Waals surface area contributed by atoms with Crippen LogP contribution in [-0.4, -0.2) is 42.7 Å². The predicted molar refractivity (Wildman–Crippen MR) is 132 cm³/mol. The van der Waals surface area contributed by atoms with E-state index in [0.717, 1.165) is 0 Å². The lowest BCUT2D eigenvalue weighted by Gasteiger charge is -2.13. The molecule has 0 fully saturated rings. The molecule has 0 aliphatic heterocycles.